The standard InChI is InChI=1S/C51H45O10P/c1-4-46(52)56-37-49(40-25-13-7-14-26-40,41-27-15-8-16-28-41)59-62(55,60-50(38-57-47(53)5-2,42-29-17-9-18-30-42)43-31-19-10-20-32-43)61-51(39-58-48(54)6-3,44-33-21-11-22-34-44)45-35-23-12-24-36-45/h4-36H,1-3,37-39H2. The zero-order chi connectivity index (χ0) is 43.9. The number of carbonyl (C=O) groups is 3. The summed E-state index contributed by atoms with van der Waals surface area (Å²) in [6, 6.07) is 52.4. The van der Waals surface area contributed by atoms with E-state index in [-0.39, 0.29) is 0 Å². The zero-order valence-electron chi connectivity index (χ0n) is 33.8. The van der Waals surface area contributed by atoms with Gasteiger partial charge in [0, 0.05) is 18.2 Å². The molecule has 0 bridgehead atoms. The van der Waals surface area contributed by atoms with Crippen LogP contribution in [0.2, 0.25) is 0 Å². The summed E-state index contributed by atoms with van der Waals surface area (Å²) in [7, 11) is -5.43. The molecule has 0 saturated heterocycles. The SMILES string of the molecule is C=CC(=O)OCC(OP(=O)(OC(COC(=O)C=C)(c1ccccc1)c1ccccc1)OC(COC(=O)C=C)(c1ccccc1)c1ccccc1)(c1ccccc1)c1ccccc1. The summed E-state index contributed by atoms with van der Waals surface area (Å²) in [5.41, 5.74) is -3.52. The third kappa shape index (κ3) is 10.1. The molecule has 62 heavy (non-hydrogen) atoms. The molecule has 6 rings (SSSR count). The van der Waals surface area contributed by atoms with Gasteiger partial charge in [-0.1, -0.05) is 202 Å². The second-order valence-electron chi connectivity index (χ2n) is 13.8. The van der Waals surface area contributed by atoms with Crippen LogP contribution < -0.4 is 0 Å². The summed E-state index contributed by atoms with van der Waals surface area (Å²) in [4.78, 5) is 39.0. The molecular weight excluding hydrogens is 804 g/mol. The first-order chi connectivity index (χ1) is 30.1. The lowest BCUT2D eigenvalue weighted by Gasteiger charge is -2.44. The second kappa shape index (κ2) is 20.5. The van der Waals surface area contributed by atoms with Crippen LogP contribution in [0.3, 0.4) is 0 Å². The van der Waals surface area contributed by atoms with Gasteiger partial charge in [0.1, 0.15) is 19.8 Å². The Morgan fingerprint density at radius 2 is 0.548 bits per heavy atom. The summed E-state index contributed by atoms with van der Waals surface area (Å²) in [5.74, 6) is -2.37. The fourth-order valence-corrected chi connectivity index (χ4v) is 9.01. The van der Waals surface area contributed by atoms with Crippen LogP contribution in [0.4, 0.5) is 0 Å². The number of esters is 3. The van der Waals surface area contributed by atoms with E-state index in [9.17, 15) is 14.4 Å². The number of rotatable bonds is 21. The van der Waals surface area contributed by atoms with Gasteiger partial charge in [-0.2, -0.15) is 0 Å². The monoisotopic (exact) mass is 848 g/mol. The summed E-state index contributed by atoms with van der Waals surface area (Å²) >= 11 is 0. The summed E-state index contributed by atoms with van der Waals surface area (Å²) in [6.45, 7) is 9.05. The van der Waals surface area contributed by atoms with E-state index in [1.807, 2.05) is 0 Å². The molecule has 10 nitrogen and oxygen atoms in total. The number of phosphoric acid groups is 1. The molecule has 0 aliphatic carbocycles. The zero-order valence-corrected chi connectivity index (χ0v) is 34.7. The number of hydrogen-bond donors (Lipinski definition) is 0. The molecule has 0 heterocycles. The van der Waals surface area contributed by atoms with E-state index in [4.69, 9.17) is 27.8 Å². The Bertz CT molecular complexity index is 2080. The van der Waals surface area contributed by atoms with Crippen molar-refractivity contribution >= 4 is 25.7 Å². The third-order valence-corrected chi connectivity index (χ3v) is 11.6. The Labute approximate surface area is 361 Å². The van der Waals surface area contributed by atoms with Crippen molar-refractivity contribution in [2.45, 2.75) is 16.8 Å². The fourth-order valence-electron chi connectivity index (χ4n) is 6.96. The molecule has 0 unspecified atom stereocenters. The molecule has 0 amide bonds. The average molecular weight is 849 g/mol. The lowest BCUT2D eigenvalue weighted by molar-refractivity contribution is -0.150. The minimum Gasteiger partial charge on any atom is -0.459 e. The Morgan fingerprint density at radius 3 is 0.710 bits per heavy atom. The van der Waals surface area contributed by atoms with Crippen LogP contribution in [0, 0.1) is 0 Å². The predicted molar refractivity (Wildman–Crippen MR) is 235 cm³/mol. The van der Waals surface area contributed by atoms with Gasteiger partial charge in [-0.3, -0.25) is 13.6 Å². The first-order valence-corrected chi connectivity index (χ1v) is 21.0. The third-order valence-electron chi connectivity index (χ3n) is 10.00. The molecule has 0 aliphatic rings. The van der Waals surface area contributed by atoms with Crippen molar-refractivity contribution < 1.29 is 46.7 Å². The van der Waals surface area contributed by atoms with E-state index in [2.05, 4.69) is 19.7 Å². The van der Waals surface area contributed by atoms with Gasteiger partial charge in [-0.25, -0.2) is 18.9 Å². The molecule has 0 saturated carbocycles. The van der Waals surface area contributed by atoms with E-state index in [0.29, 0.717) is 33.4 Å². The van der Waals surface area contributed by atoms with Crippen molar-refractivity contribution in [3.05, 3.63) is 253 Å². The minimum absolute atomic E-state index is 0.390. The predicted octanol–water partition coefficient (Wildman–Crippen LogP) is 10.2. The Hall–Kier alpha value is -6.94. The van der Waals surface area contributed by atoms with Crippen molar-refractivity contribution in [2.75, 3.05) is 19.8 Å². The topological polar surface area (TPSA) is 124 Å². The molecule has 0 aromatic heterocycles. The molecule has 0 spiro atoms. The molecule has 0 atom stereocenters. The maximum absolute atomic E-state index is 17.1. The van der Waals surface area contributed by atoms with Crippen molar-refractivity contribution in [2.24, 2.45) is 0 Å². The van der Waals surface area contributed by atoms with Crippen LogP contribution in [0.5, 0.6) is 0 Å². The van der Waals surface area contributed by atoms with Gasteiger partial charge in [0.2, 0.25) is 0 Å². The quantitative estimate of drug-likeness (QED) is 0.0299. The van der Waals surface area contributed by atoms with Gasteiger partial charge in [-0.05, 0) is 33.4 Å². The first-order valence-electron chi connectivity index (χ1n) is 19.5. The van der Waals surface area contributed by atoms with Crippen LogP contribution in [0.25, 0.3) is 0 Å². The molecule has 0 N–H and O–H groups in total. The van der Waals surface area contributed by atoms with E-state index in [1.54, 1.807) is 182 Å². The highest BCUT2D eigenvalue weighted by Gasteiger charge is 2.56. The average Bonchev–Trinajstić information content (AvgIpc) is 3.34. The molecule has 11 heteroatoms. The number of phosphoric ester groups is 1. The Kier molecular flexibility index (Phi) is 14.8. The molecule has 0 radical (unpaired) electrons. The van der Waals surface area contributed by atoms with Crippen LogP contribution in [0.1, 0.15) is 33.4 Å². The van der Waals surface area contributed by atoms with Gasteiger partial charge in [0.25, 0.3) is 0 Å². The second-order valence-corrected chi connectivity index (χ2v) is 15.3. The van der Waals surface area contributed by atoms with Gasteiger partial charge < -0.3 is 14.2 Å². The molecule has 6 aromatic rings. The van der Waals surface area contributed by atoms with Gasteiger partial charge in [0.05, 0.1) is 0 Å². The minimum atomic E-state index is -5.43. The fraction of sp³-hybridized carbons (Fsp3) is 0.118. The molecule has 6 aromatic carbocycles. The molecule has 314 valence electrons. The van der Waals surface area contributed by atoms with Gasteiger partial charge in [-0.15, -0.1) is 0 Å². The van der Waals surface area contributed by atoms with E-state index < -0.39 is 62.4 Å². The van der Waals surface area contributed by atoms with Gasteiger partial charge in [0.15, 0.2) is 16.8 Å². The largest absolute Gasteiger partial charge is 0.478 e. The number of carbonyl (C=O) groups excluding carboxylic acids is 3. The van der Waals surface area contributed by atoms with Gasteiger partial charge >= 0.3 is 25.7 Å². The highest BCUT2D eigenvalue weighted by Crippen LogP contribution is 2.65. The Morgan fingerprint density at radius 1 is 0.371 bits per heavy atom. The molecular formula is C51H45O10P. The van der Waals surface area contributed by atoms with Crippen LogP contribution in [-0.2, 0) is 63.5 Å². The summed E-state index contributed by atoms with van der Waals surface area (Å²) in [6.07, 6.45) is 3.00. The van der Waals surface area contributed by atoms with E-state index >= 15 is 4.57 Å². The number of hydrogen-bond acceptors (Lipinski definition) is 10. The Balaban J connectivity index is 1.73. The summed E-state index contributed by atoms with van der Waals surface area (Å²) in [5, 5.41) is 0. The lowest BCUT2D eigenvalue weighted by atomic mass is 9.87. The van der Waals surface area contributed by atoms with E-state index in [1.165, 1.54) is 0 Å². The highest BCUT2D eigenvalue weighted by molar-refractivity contribution is 7.48. The molecule has 0 fully saturated rings. The van der Waals surface area contributed by atoms with Crippen LogP contribution in [0.15, 0.2) is 220 Å². The van der Waals surface area contributed by atoms with Crippen molar-refractivity contribution in [1.29, 1.82) is 0 Å². The number of benzene rings is 6. The van der Waals surface area contributed by atoms with Crippen molar-refractivity contribution in [3.63, 3.8) is 0 Å². The maximum atomic E-state index is 17.1. The smallest absolute Gasteiger partial charge is 0.459 e. The lowest BCUT2D eigenvalue weighted by Crippen LogP contribution is -2.43. The van der Waals surface area contributed by atoms with Crippen molar-refractivity contribution in [1.82, 2.24) is 0 Å². The normalized spacial score (nSPS) is 11.7. The van der Waals surface area contributed by atoms with Crippen molar-refractivity contribution in [3.8, 4) is 0 Å². The maximum Gasteiger partial charge on any atom is 0.478 e. The molecule has 0 aliphatic heterocycles. The van der Waals surface area contributed by atoms with E-state index in [0.717, 1.165) is 18.2 Å². The van der Waals surface area contributed by atoms with Crippen LogP contribution in [-0.4, -0.2) is 37.7 Å². The first kappa shape index (κ1) is 44.6. The number of ether oxygens (including phenoxy) is 3. The van der Waals surface area contributed by atoms with Crippen LogP contribution >= 0.6 is 7.82 Å². The summed E-state index contributed by atoms with van der Waals surface area (Å²) < 4.78 is 56.0. The highest BCUT2D eigenvalue weighted by atomic mass is 31.2.